The number of nitrogens with one attached hydrogen (secondary N) is 1. The number of carboxylic acids is 1. The molecule has 0 aromatic heterocycles. The van der Waals surface area contributed by atoms with E-state index < -0.39 is 20.1 Å². The van der Waals surface area contributed by atoms with Gasteiger partial charge in [-0.05, 0) is 41.3 Å². The molecule has 2 N–H and O–H groups in total. The second-order valence-electron chi connectivity index (χ2n) is 9.82. The van der Waals surface area contributed by atoms with Crippen LogP contribution in [0.2, 0.25) is 25.7 Å². The van der Waals surface area contributed by atoms with E-state index in [0.29, 0.717) is 29.9 Å². The lowest BCUT2D eigenvalue weighted by molar-refractivity contribution is -0.133. The van der Waals surface area contributed by atoms with Gasteiger partial charge in [0.1, 0.15) is 24.7 Å². The molecule has 1 amide bonds. The largest absolute Gasteiger partial charge is 0.488 e. The van der Waals surface area contributed by atoms with Crippen molar-refractivity contribution >= 4 is 41.6 Å². The molecule has 0 aliphatic heterocycles. The number of allylic oxidation sites excluding steroid dienone is 1. The van der Waals surface area contributed by atoms with Gasteiger partial charge in [0.15, 0.2) is 0 Å². The lowest BCUT2D eigenvalue weighted by atomic mass is 9.99. The first kappa shape index (κ1) is 28.2. The summed E-state index contributed by atoms with van der Waals surface area (Å²) in [7, 11) is -1.56. The molecular formula is C29H32BrNO5Si. The van der Waals surface area contributed by atoms with Crippen molar-refractivity contribution in [3.05, 3.63) is 106 Å². The molecule has 0 fully saturated rings. The molecule has 0 bridgehead atoms. The number of rotatable bonds is 11. The Hall–Kier alpha value is -3.36. The van der Waals surface area contributed by atoms with E-state index in [1.807, 2.05) is 78.9 Å². The average Bonchev–Trinajstić information content (AvgIpc) is 2.87. The summed E-state index contributed by atoms with van der Waals surface area (Å²) in [4.78, 5) is 25.1. The summed E-state index contributed by atoms with van der Waals surface area (Å²) in [6.45, 7) is 7.03. The number of ether oxygens (including phenoxy) is 2. The SMILES string of the molecule is C[Si](C)(C)CCC(=C(NC(=O)OCc1ccccc1)C(=O)O)c1cc(Br)ccc1OCc1ccccc1. The molecule has 0 unspecified atom stereocenters. The van der Waals surface area contributed by atoms with E-state index in [1.54, 1.807) is 0 Å². The van der Waals surface area contributed by atoms with Crippen LogP contribution in [0.3, 0.4) is 0 Å². The normalized spacial score (nSPS) is 11.9. The van der Waals surface area contributed by atoms with Gasteiger partial charge in [0.2, 0.25) is 0 Å². The van der Waals surface area contributed by atoms with E-state index in [4.69, 9.17) is 9.47 Å². The minimum atomic E-state index is -1.56. The first-order valence-electron chi connectivity index (χ1n) is 12.0. The zero-order valence-electron chi connectivity index (χ0n) is 21.3. The molecule has 3 aromatic carbocycles. The Labute approximate surface area is 227 Å². The number of hydrogen-bond donors (Lipinski definition) is 2. The molecule has 0 saturated carbocycles. The number of aliphatic carboxylic acids is 1. The van der Waals surface area contributed by atoms with Crippen LogP contribution < -0.4 is 10.1 Å². The molecule has 0 aliphatic rings. The molecule has 8 heteroatoms. The van der Waals surface area contributed by atoms with Crippen LogP contribution >= 0.6 is 15.9 Å². The van der Waals surface area contributed by atoms with Crippen molar-refractivity contribution in [2.75, 3.05) is 0 Å². The maximum absolute atomic E-state index is 12.7. The van der Waals surface area contributed by atoms with E-state index in [2.05, 4.69) is 40.9 Å². The smallest absolute Gasteiger partial charge is 0.412 e. The summed E-state index contributed by atoms with van der Waals surface area (Å²) >= 11 is 3.51. The minimum Gasteiger partial charge on any atom is -0.488 e. The number of halogens is 1. The third-order valence-electron chi connectivity index (χ3n) is 5.58. The van der Waals surface area contributed by atoms with E-state index in [1.165, 1.54) is 0 Å². The Morgan fingerprint density at radius 1 is 0.892 bits per heavy atom. The summed E-state index contributed by atoms with van der Waals surface area (Å²) in [6, 6.07) is 25.3. The predicted octanol–water partition coefficient (Wildman–Crippen LogP) is 7.48. The maximum Gasteiger partial charge on any atom is 0.412 e. The van der Waals surface area contributed by atoms with Gasteiger partial charge in [0.05, 0.1) is 0 Å². The van der Waals surface area contributed by atoms with Crippen LogP contribution in [0.25, 0.3) is 5.57 Å². The lowest BCUT2D eigenvalue weighted by Gasteiger charge is -2.21. The van der Waals surface area contributed by atoms with Crippen LogP contribution in [0.15, 0.2) is 89.0 Å². The van der Waals surface area contributed by atoms with Crippen LogP contribution in [0, 0.1) is 0 Å². The number of benzene rings is 3. The molecule has 0 radical (unpaired) electrons. The molecule has 0 spiro atoms. The van der Waals surface area contributed by atoms with Gasteiger partial charge in [-0.2, -0.15) is 0 Å². The highest BCUT2D eigenvalue weighted by molar-refractivity contribution is 9.10. The van der Waals surface area contributed by atoms with Crippen LogP contribution in [0.1, 0.15) is 23.1 Å². The highest BCUT2D eigenvalue weighted by Crippen LogP contribution is 2.35. The van der Waals surface area contributed by atoms with Crippen molar-refractivity contribution in [3.63, 3.8) is 0 Å². The average molecular weight is 583 g/mol. The van der Waals surface area contributed by atoms with Crippen molar-refractivity contribution in [1.82, 2.24) is 5.32 Å². The molecule has 0 heterocycles. The molecular weight excluding hydrogens is 550 g/mol. The number of hydrogen-bond acceptors (Lipinski definition) is 4. The fraction of sp³-hybridized carbons (Fsp3) is 0.241. The summed E-state index contributed by atoms with van der Waals surface area (Å²) < 4.78 is 12.2. The molecule has 0 atom stereocenters. The maximum atomic E-state index is 12.7. The minimum absolute atomic E-state index is 0.0339. The number of carbonyl (C=O) groups excluding carboxylic acids is 1. The fourth-order valence-corrected chi connectivity index (χ4v) is 4.97. The summed E-state index contributed by atoms with van der Waals surface area (Å²) in [5.41, 5.74) is 2.70. The Kier molecular flexibility index (Phi) is 10.1. The van der Waals surface area contributed by atoms with Gasteiger partial charge in [-0.3, -0.25) is 5.32 Å². The number of carboxylic acid groups (broad SMARTS) is 1. The standard InChI is InChI=1S/C29H32BrNO5Si/c1-37(2,3)17-16-24(27(28(32)33)31-29(34)36-20-22-12-8-5-9-13-22)25-18-23(30)14-15-26(25)35-19-21-10-6-4-7-11-21/h4-15,18H,16-17,19-20H2,1-3H3,(H,31,34)(H,32,33). The topological polar surface area (TPSA) is 84.9 Å². The monoisotopic (exact) mass is 581 g/mol. The van der Waals surface area contributed by atoms with E-state index >= 15 is 0 Å². The predicted molar refractivity (Wildman–Crippen MR) is 152 cm³/mol. The van der Waals surface area contributed by atoms with Crippen molar-refractivity contribution in [3.8, 4) is 5.75 Å². The van der Waals surface area contributed by atoms with Crippen molar-refractivity contribution < 1.29 is 24.2 Å². The van der Waals surface area contributed by atoms with Gasteiger partial charge in [0.25, 0.3) is 0 Å². The van der Waals surface area contributed by atoms with Crippen LogP contribution in [-0.4, -0.2) is 25.2 Å². The van der Waals surface area contributed by atoms with E-state index in [0.717, 1.165) is 21.6 Å². The number of carbonyl (C=O) groups is 2. The number of alkyl carbamates (subject to hydrolysis) is 1. The van der Waals surface area contributed by atoms with Gasteiger partial charge < -0.3 is 14.6 Å². The zero-order chi connectivity index (χ0) is 26.8. The number of amides is 1. The Balaban J connectivity index is 1.96. The Bertz CT molecular complexity index is 1240. The van der Waals surface area contributed by atoms with Gasteiger partial charge in [0, 0.05) is 18.1 Å². The molecule has 37 heavy (non-hydrogen) atoms. The molecule has 3 rings (SSSR count). The van der Waals surface area contributed by atoms with Crippen LogP contribution in [0.4, 0.5) is 4.79 Å². The van der Waals surface area contributed by atoms with E-state index in [-0.39, 0.29) is 12.3 Å². The van der Waals surface area contributed by atoms with Crippen molar-refractivity contribution in [2.45, 2.75) is 45.3 Å². The summed E-state index contributed by atoms with van der Waals surface area (Å²) in [6.07, 6.45) is -0.359. The fourth-order valence-electron chi connectivity index (χ4n) is 3.61. The van der Waals surface area contributed by atoms with Crippen molar-refractivity contribution in [1.29, 1.82) is 0 Å². The zero-order valence-corrected chi connectivity index (χ0v) is 23.9. The molecule has 3 aromatic rings. The second-order valence-corrected chi connectivity index (χ2v) is 16.4. The van der Waals surface area contributed by atoms with Gasteiger partial charge in [-0.15, -0.1) is 0 Å². The summed E-state index contributed by atoms with van der Waals surface area (Å²) in [5, 5.41) is 12.7. The Morgan fingerprint density at radius 3 is 2.05 bits per heavy atom. The molecule has 0 saturated heterocycles. The first-order chi connectivity index (χ1) is 17.6. The van der Waals surface area contributed by atoms with Gasteiger partial charge in [-0.25, -0.2) is 9.59 Å². The van der Waals surface area contributed by atoms with E-state index in [9.17, 15) is 14.7 Å². The molecule has 6 nitrogen and oxygen atoms in total. The summed E-state index contributed by atoms with van der Waals surface area (Å²) in [5.74, 6) is -0.702. The quantitative estimate of drug-likeness (QED) is 0.181. The van der Waals surface area contributed by atoms with Gasteiger partial charge in [-0.1, -0.05) is 102 Å². The van der Waals surface area contributed by atoms with Crippen LogP contribution in [0.5, 0.6) is 5.75 Å². The lowest BCUT2D eigenvalue weighted by Crippen LogP contribution is -2.29. The Morgan fingerprint density at radius 2 is 1.49 bits per heavy atom. The van der Waals surface area contributed by atoms with Gasteiger partial charge >= 0.3 is 12.1 Å². The first-order valence-corrected chi connectivity index (χ1v) is 16.5. The van der Waals surface area contributed by atoms with Crippen LogP contribution in [-0.2, 0) is 22.7 Å². The third kappa shape index (κ3) is 9.22. The molecule has 0 aliphatic carbocycles. The highest BCUT2D eigenvalue weighted by atomic mass is 79.9. The molecule has 194 valence electrons. The second kappa shape index (κ2) is 13.3. The third-order valence-corrected chi connectivity index (χ3v) is 7.83. The van der Waals surface area contributed by atoms with Crippen molar-refractivity contribution in [2.24, 2.45) is 0 Å². The highest BCUT2D eigenvalue weighted by Gasteiger charge is 2.24.